The van der Waals surface area contributed by atoms with Crippen molar-refractivity contribution in [3.63, 3.8) is 0 Å². The summed E-state index contributed by atoms with van der Waals surface area (Å²) in [7, 11) is 0. The highest BCUT2D eigenvalue weighted by Gasteiger charge is 2.08. The highest BCUT2D eigenvalue weighted by Crippen LogP contribution is 2.12. The SMILES string of the molecule is CCCCCCCCCCCCC/C=C/[C@@H](O)C(C)CO. The van der Waals surface area contributed by atoms with Crippen LogP contribution in [0.3, 0.4) is 0 Å². The van der Waals surface area contributed by atoms with E-state index >= 15 is 0 Å². The first-order valence-electron chi connectivity index (χ1n) is 9.18. The van der Waals surface area contributed by atoms with Crippen LogP contribution in [0.1, 0.15) is 90.9 Å². The molecule has 0 saturated carbocycles. The molecule has 21 heavy (non-hydrogen) atoms. The summed E-state index contributed by atoms with van der Waals surface area (Å²) in [4.78, 5) is 0. The molecule has 0 radical (unpaired) electrons. The Balaban J connectivity index is 3.20. The molecule has 0 rings (SSSR count). The summed E-state index contributed by atoms with van der Waals surface area (Å²) in [5.74, 6) is -0.0569. The molecule has 0 aliphatic rings. The Morgan fingerprint density at radius 2 is 1.29 bits per heavy atom. The van der Waals surface area contributed by atoms with Gasteiger partial charge in [0, 0.05) is 12.5 Å². The molecular formula is C19H38O2. The molecule has 2 heteroatoms. The topological polar surface area (TPSA) is 40.5 Å². The Labute approximate surface area is 132 Å². The predicted octanol–water partition coefficient (Wildman–Crippen LogP) is 5.23. The summed E-state index contributed by atoms with van der Waals surface area (Å²) in [6.07, 6.45) is 19.5. The minimum atomic E-state index is -0.497. The molecule has 2 nitrogen and oxygen atoms in total. The Kier molecular flexibility index (Phi) is 15.8. The summed E-state index contributed by atoms with van der Waals surface area (Å²) >= 11 is 0. The van der Waals surface area contributed by atoms with E-state index in [-0.39, 0.29) is 12.5 Å². The summed E-state index contributed by atoms with van der Waals surface area (Å²) in [5.41, 5.74) is 0. The van der Waals surface area contributed by atoms with E-state index in [1.54, 1.807) is 0 Å². The third kappa shape index (κ3) is 14.4. The number of hydrogen-bond acceptors (Lipinski definition) is 2. The van der Waals surface area contributed by atoms with E-state index < -0.39 is 6.10 Å². The van der Waals surface area contributed by atoms with Crippen LogP contribution in [0.5, 0.6) is 0 Å². The van der Waals surface area contributed by atoms with Crippen LogP contribution in [-0.4, -0.2) is 22.9 Å². The smallest absolute Gasteiger partial charge is 0.0768 e. The number of rotatable bonds is 15. The highest BCUT2D eigenvalue weighted by molar-refractivity contribution is 4.90. The second-order valence-electron chi connectivity index (χ2n) is 6.40. The Bertz CT molecular complexity index is 226. The van der Waals surface area contributed by atoms with Crippen LogP contribution in [0.2, 0.25) is 0 Å². The number of aliphatic hydroxyl groups is 2. The maximum Gasteiger partial charge on any atom is 0.0768 e. The van der Waals surface area contributed by atoms with Gasteiger partial charge in [-0.1, -0.05) is 90.2 Å². The van der Waals surface area contributed by atoms with Crippen LogP contribution in [-0.2, 0) is 0 Å². The Morgan fingerprint density at radius 3 is 1.76 bits per heavy atom. The van der Waals surface area contributed by atoms with E-state index in [0.717, 1.165) is 6.42 Å². The molecule has 0 aromatic rings. The van der Waals surface area contributed by atoms with Gasteiger partial charge in [-0.3, -0.25) is 0 Å². The van der Waals surface area contributed by atoms with Crippen LogP contribution in [0.4, 0.5) is 0 Å². The second kappa shape index (κ2) is 16.0. The molecule has 0 spiro atoms. The number of allylic oxidation sites excluding steroid dienone is 1. The van der Waals surface area contributed by atoms with Crippen molar-refractivity contribution < 1.29 is 10.2 Å². The average Bonchev–Trinajstić information content (AvgIpc) is 2.50. The largest absolute Gasteiger partial charge is 0.396 e. The normalized spacial score (nSPS) is 14.7. The van der Waals surface area contributed by atoms with Gasteiger partial charge in [-0.15, -0.1) is 0 Å². The minimum Gasteiger partial charge on any atom is -0.396 e. The molecule has 0 aromatic heterocycles. The maximum atomic E-state index is 9.65. The van der Waals surface area contributed by atoms with Gasteiger partial charge in [0.05, 0.1) is 6.10 Å². The molecule has 0 heterocycles. The van der Waals surface area contributed by atoms with Crippen molar-refractivity contribution in [3.8, 4) is 0 Å². The minimum absolute atomic E-state index is 0.0456. The monoisotopic (exact) mass is 298 g/mol. The van der Waals surface area contributed by atoms with Crippen molar-refractivity contribution in [2.45, 2.75) is 97.0 Å². The van der Waals surface area contributed by atoms with Crippen molar-refractivity contribution in [2.75, 3.05) is 6.61 Å². The molecule has 0 bridgehead atoms. The zero-order valence-corrected chi connectivity index (χ0v) is 14.4. The molecule has 0 saturated heterocycles. The molecule has 1 unspecified atom stereocenters. The van der Waals surface area contributed by atoms with Gasteiger partial charge in [0.25, 0.3) is 0 Å². The second-order valence-corrected chi connectivity index (χ2v) is 6.40. The van der Waals surface area contributed by atoms with E-state index in [4.69, 9.17) is 5.11 Å². The number of unbranched alkanes of at least 4 members (excludes halogenated alkanes) is 11. The summed E-state index contributed by atoms with van der Waals surface area (Å²) in [5, 5.41) is 18.6. The first-order valence-corrected chi connectivity index (χ1v) is 9.18. The fraction of sp³-hybridized carbons (Fsp3) is 0.895. The van der Waals surface area contributed by atoms with Gasteiger partial charge in [0.15, 0.2) is 0 Å². The van der Waals surface area contributed by atoms with Gasteiger partial charge >= 0.3 is 0 Å². The molecule has 2 atom stereocenters. The first kappa shape index (κ1) is 20.7. The number of aliphatic hydroxyl groups excluding tert-OH is 2. The van der Waals surface area contributed by atoms with Crippen molar-refractivity contribution >= 4 is 0 Å². The number of hydrogen-bond donors (Lipinski definition) is 2. The molecule has 2 N–H and O–H groups in total. The summed E-state index contributed by atoms with van der Waals surface area (Å²) < 4.78 is 0. The highest BCUT2D eigenvalue weighted by atomic mass is 16.3. The van der Waals surface area contributed by atoms with Gasteiger partial charge in [-0.2, -0.15) is 0 Å². The van der Waals surface area contributed by atoms with Crippen LogP contribution in [0.15, 0.2) is 12.2 Å². The van der Waals surface area contributed by atoms with Crippen molar-refractivity contribution in [3.05, 3.63) is 12.2 Å². The van der Waals surface area contributed by atoms with Gasteiger partial charge in [-0.05, 0) is 12.8 Å². The predicted molar refractivity (Wildman–Crippen MR) is 92.5 cm³/mol. The van der Waals surface area contributed by atoms with Gasteiger partial charge in [-0.25, -0.2) is 0 Å². The third-order valence-corrected chi connectivity index (χ3v) is 4.18. The van der Waals surface area contributed by atoms with Gasteiger partial charge in [0.2, 0.25) is 0 Å². The van der Waals surface area contributed by atoms with E-state index in [9.17, 15) is 5.11 Å². The van der Waals surface area contributed by atoms with Crippen molar-refractivity contribution in [1.29, 1.82) is 0 Å². The first-order chi connectivity index (χ1) is 10.2. The lowest BCUT2D eigenvalue weighted by Gasteiger charge is -2.11. The zero-order valence-electron chi connectivity index (χ0n) is 14.4. The van der Waals surface area contributed by atoms with Crippen LogP contribution < -0.4 is 0 Å². The molecule has 0 aliphatic heterocycles. The fourth-order valence-corrected chi connectivity index (χ4v) is 2.46. The van der Waals surface area contributed by atoms with E-state index in [1.807, 2.05) is 13.0 Å². The third-order valence-electron chi connectivity index (χ3n) is 4.18. The van der Waals surface area contributed by atoms with Crippen molar-refractivity contribution in [1.82, 2.24) is 0 Å². The van der Waals surface area contributed by atoms with Gasteiger partial charge in [0.1, 0.15) is 0 Å². The van der Waals surface area contributed by atoms with E-state index in [2.05, 4.69) is 13.0 Å². The van der Waals surface area contributed by atoms with Crippen LogP contribution in [0.25, 0.3) is 0 Å². The lowest BCUT2D eigenvalue weighted by Crippen LogP contribution is -2.17. The maximum absolute atomic E-state index is 9.65. The molecule has 126 valence electrons. The lowest BCUT2D eigenvalue weighted by atomic mass is 10.0. The standard InChI is InChI=1S/C19H38O2/c1-3-4-5-6-7-8-9-10-11-12-13-14-15-16-19(21)18(2)17-20/h15-16,18-21H,3-14,17H2,1-2H3/b16-15+/t18?,19-/m1/s1. The molecular weight excluding hydrogens is 260 g/mol. The van der Waals surface area contributed by atoms with Gasteiger partial charge < -0.3 is 10.2 Å². The molecule has 0 amide bonds. The Morgan fingerprint density at radius 1 is 0.810 bits per heavy atom. The average molecular weight is 299 g/mol. The van der Waals surface area contributed by atoms with Crippen LogP contribution in [0, 0.1) is 5.92 Å². The molecule has 0 aliphatic carbocycles. The molecule has 0 aromatic carbocycles. The quantitative estimate of drug-likeness (QED) is 0.321. The summed E-state index contributed by atoms with van der Waals surface area (Å²) in [6, 6.07) is 0. The van der Waals surface area contributed by atoms with E-state index in [1.165, 1.54) is 70.6 Å². The zero-order chi connectivity index (χ0) is 15.8. The summed E-state index contributed by atoms with van der Waals surface area (Å²) in [6.45, 7) is 4.17. The molecule has 0 fully saturated rings. The Hall–Kier alpha value is -0.340. The fourth-order valence-electron chi connectivity index (χ4n) is 2.46. The van der Waals surface area contributed by atoms with Crippen LogP contribution >= 0.6 is 0 Å². The lowest BCUT2D eigenvalue weighted by molar-refractivity contribution is 0.111. The van der Waals surface area contributed by atoms with Crippen molar-refractivity contribution in [2.24, 2.45) is 5.92 Å². The van der Waals surface area contributed by atoms with E-state index in [0.29, 0.717) is 0 Å².